The van der Waals surface area contributed by atoms with Crippen LogP contribution in [0, 0.1) is 5.92 Å². The number of quaternary nitrogens is 1. The Hall–Kier alpha value is -3.73. The van der Waals surface area contributed by atoms with Gasteiger partial charge in [-0.2, -0.15) is 0 Å². The third kappa shape index (κ3) is 10.9. The maximum absolute atomic E-state index is 13.3. The third-order valence-corrected chi connectivity index (χ3v) is 9.45. The fourth-order valence-corrected chi connectivity index (χ4v) is 6.81. The molecule has 0 saturated carbocycles. The van der Waals surface area contributed by atoms with Gasteiger partial charge < -0.3 is 30.9 Å². The summed E-state index contributed by atoms with van der Waals surface area (Å²) in [5.41, 5.74) is 15.1. The van der Waals surface area contributed by atoms with E-state index in [9.17, 15) is 9.59 Å². The molecular formula is C36H51ClN7O3+. The van der Waals surface area contributed by atoms with Crippen molar-refractivity contribution >= 4 is 34.9 Å². The highest BCUT2D eigenvalue weighted by Gasteiger charge is 2.36. The molecule has 1 amide bonds. The zero-order chi connectivity index (χ0) is 33.8. The normalized spacial score (nSPS) is 17.9. The average Bonchev–Trinajstić information content (AvgIpc) is 3.05. The molecule has 1 aliphatic heterocycles. The predicted molar refractivity (Wildman–Crippen MR) is 189 cm³/mol. The highest BCUT2D eigenvalue weighted by Crippen LogP contribution is 2.30. The first-order chi connectivity index (χ1) is 22.6. The summed E-state index contributed by atoms with van der Waals surface area (Å²) in [6.45, 7) is 5.69. The summed E-state index contributed by atoms with van der Waals surface area (Å²) in [5.74, 6) is 0.967. The SMILES string of the molecule is COc1ccc(CCC[N+]2(CCCc3ccc(C(=O)NCCCN(C)C)cc3)CCCC(CC(=O)c3nc(Cl)c(N)nc3N)C2)cc1. The van der Waals surface area contributed by atoms with E-state index in [-0.39, 0.29) is 40.1 Å². The van der Waals surface area contributed by atoms with E-state index < -0.39 is 0 Å². The Labute approximate surface area is 284 Å². The molecule has 4 rings (SSSR count). The second kappa shape index (κ2) is 17.4. The fourth-order valence-electron chi connectivity index (χ4n) is 6.69. The number of amides is 1. The number of anilines is 2. The van der Waals surface area contributed by atoms with E-state index in [1.54, 1.807) is 7.11 Å². The lowest BCUT2D eigenvalue weighted by molar-refractivity contribution is -0.936. The van der Waals surface area contributed by atoms with Crippen molar-refractivity contribution in [3.05, 3.63) is 76.1 Å². The van der Waals surface area contributed by atoms with E-state index in [0.717, 1.165) is 87.9 Å². The molecule has 1 saturated heterocycles. The number of ketones is 1. The van der Waals surface area contributed by atoms with Gasteiger partial charge in [0, 0.05) is 37.3 Å². The van der Waals surface area contributed by atoms with Gasteiger partial charge in [-0.05, 0) is 88.1 Å². The number of halogens is 1. The number of ether oxygens (including phenoxy) is 1. The van der Waals surface area contributed by atoms with Crippen LogP contribution < -0.4 is 21.5 Å². The summed E-state index contributed by atoms with van der Waals surface area (Å²) in [7, 11) is 5.75. The number of carbonyl (C=O) groups is 2. The van der Waals surface area contributed by atoms with Gasteiger partial charge in [-0.15, -0.1) is 0 Å². The van der Waals surface area contributed by atoms with Gasteiger partial charge in [0.1, 0.15) is 11.4 Å². The molecule has 10 nitrogen and oxygen atoms in total. The van der Waals surface area contributed by atoms with Crippen LogP contribution in [0.2, 0.25) is 5.15 Å². The minimum Gasteiger partial charge on any atom is -0.497 e. The first kappa shape index (κ1) is 36.1. The number of methoxy groups -OCH3 is 1. The topological polar surface area (TPSA) is 136 Å². The second-order valence-electron chi connectivity index (χ2n) is 13.1. The summed E-state index contributed by atoms with van der Waals surface area (Å²) in [5, 5.41) is 3.02. The highest BCUT2D eigenvalue weighted by molar-refractivity contribution is 6.31. The van der Waals surface area contributed by atoms with Crippen molar-refractivity contribution in [1.29, 1.82) is 0 Å². The summed E-state index contributed by atoms with van der Waals surface area (Å²) >= 11 is 6.07. The van der Waals surface area contributed by atoms with Crippen LogP contribution in [0.25, 0.3) is 0 Å². The standard InChI is InChI=1S/C36H50ClN7O3/c1-43(2)20-7-19-40-36(46)29-15-11-26(12-16-29)8-4-21-44(22-5-9-27-13-17-30(47-3)18-14-27)23-6-10-28(25-44)24-31(45)32-34(38)42-35(39)33(37)41-32/h11-18,28H,4-10,19-25H2,1-3H3,(H4-,38,39,40,42,45,46)/p+1. The number of benzene rings is 2. The molecule has 254 valence electrons. The number of Topliss-reactive ketones (excluding diaryl/α,β-unsaturated/α-hetero) is 1. The number of nitrogens with one attached hydrogen (secondary N) is 1. The zero-order valence-electron chi connectivity index (χ0n) is 28.1. The molecule has 2 heterocycles. The maximum atomic E-state index is 13.3. The van der Waals surface area contributed by atoms with Gasteiger partial charge in [-0.25, -0.2) is 9.97 Å². The van der Waals surface area contributed by atoms with E-state index in [1.807, 2.05) is 38.4 Å². The maximum Gasteiger partial charge on any atom is 0.251 e. The van der Waals surface area contributed by atoms with Crippen LogP contribution >= 0.6 is 11.6 Å². The number of hydrogen-bond donors (Lipinski definition) is 3. The van der Waals surface area contributed by atoms with Crippen LogP contribution in [-0.4, -0.2) is 91.5 Å². The van der Waals surface area contributed by atoms with Gasteiger partial charge in [0.2, 0.25) is 0 Å². The van der Waals surface area contributed by atoms with Crippen LogP contribution in [0.1, 0.15) is 70.5 Å². The van der Waals surface area contributed by atoms with Crippen molar-refractivity contribution in [2.45, 2.75) is 51.4 Å². The lowest BCUT2D eigenvalue weighted by Gasteiger charge is -2.45. The lowest BCUT2D eigenvalue weighted by atomic mass is 9.89. The fraction of sp³-hybridized carbons (Fsp3) is 0.500. The number of aromatic nitrogens is 2. The average molecular weight is 665 g/mol. The molecule has 1 aliphatic rings. The first-order valence-corrected chi connectivity index (χ1v) is 17.1. The smallest absolute Gasteiger partial charge is 0.251 e. The van der Waals surface area contributed by atoms with E-state index in [0.29, 0.717) is 18.5 Å². The molecule has 11 heteroatoms. The Morgan fingerprint density at radius 3 is 2.21 bits per heavy atom. The molecule has 1 aromatic heterocycles. The second-order valence-corrected chi connectivity index (χ2v) is 13.5. The quantitative estimate of drug-likeness (QED) is 0.104. The molecule has 5 N–H and O–H groups in total. The van der Waals surface area contributed by atoms with Crippen LogP contribution in [0.5, 0.6) is 5.75 Å². The number of nitrogens with two attached hydrogens (primary N) is 2. The number of piperidine rings is 1. The molecule has 3 aromatic rings. The van der Waals surface area contributed by atoms with Crippen molar-refractivity contribution in [3.63, 3.8) is 0 Å². The molecule has 0 bridgehead atoms. The van der Waals surface area contributed by atoms with Crippen molar-refractivity contribution in [3.8, 4) is 5.75 Å². The molecule has 2 unspecified atom stereocenters. The van der Waals surface area contributed by atoms with Gasteiger partial charge in [0.15, 0.2) is 22.6 Å². The molecular weight excluding hydrogens is 614 g/mol. The molecule has 0 radical (unpaired) electrons. The first-order valence-electron chi connectivity index (χ1n) is 16.7. The van der Waals surface area contributed by atoms with Crippen molar-refractivity contribution in [2.24, 2.45) is 5.92 Å². The van der Waals surface area contributed by atoms with Crippen LogP contribution in [0.3, 0.4) is 0 Å². The lowest BCUT2D eigenvalue weighted by Crippen LogP contribution is -2.55. The summed E-state index contributed by atoms with van der Waals surface area (Å²) in [4.78, 5) is 36.1. The molecule has 1 fully saturated rings. The Morgan fingerprint density at radius 1 is 0.957 bits per heavy atom. The van der Waals surface area contributed by atoms with Gasteiger partial charge >= 0.3 is 0 Å². The Balaban J connectivity index is 1.38. The van der Waals surface area contributed by atoms with Crippen LogP contribution in [0.4, 0.5) is 11.6 Å². The minimum atomic E-state index is -0.137. The van der Waals surface area contributed by atoms with Gasteiger partial charge in [0.25, 0.3) is 5.91 Å². The minimum absolute atomic E-state index is 0.00326. The number of carbonyl (C=O) groups excluding carboxylic acids is 2. The molecule has 2 atom stereocenters. The van der Waals surface area contributed by atoms with Crippen molar-refractivity contribution in [2.75, 3.05) is 71.9 Å². The number of nitrogen functional groups attached to an aromatic ring is 2. The summed E-state index contributed by atoms with van der Waals surface area (Å²) < 4.78 is 6.30. The Bertz CT molecular complexity index is 1470. The largest absolute Gasteiger partial charge is 0.497 e. The number of aryl methyl sites for hydroxylation is 2. The Morgan fingerprint density at radius 2 is 1.60 bits per heavy atom. The van der Waals surface area contributed by atoms with Crippen LogP contribution in [-0.2, 0) is 12.8 Å². The molecule has 0 aliphatic carbocycles. The van der Waals surface area contributed by atoms with Gasteiger partial charge in [0.05, 0.1) is 33.3 Å². The number of likely N-dealkylation sites (tertiary alicyclic amines) is 1. The van der Waals surface area contributed by atoms with E-state index in [4.69, 9.17) is 27.8 Å². The van der Waals surface area contributed by atoms with E-state index in [2.05, 4.69) is 44.5 Å². The highest BCUT2D eigenvalue weighted by atomic mass is 35.5. The number of rotatable bonds is 17. The molecule has 0 spiro atoms. The van der Waals surface area contributed by atoms with E-state index >= 15 is 0 Å². The van der Waals surface area contributed by atoms with E-state index in [1.165, 1.54) is 11.1 Å². The van der Waals surface area contributed by atoms with Crippen molar-refractivity contribution in [1.82, 2.24) is 20.2 Å². The third-order valence-electron chi connectivity index (χ3n) is 9.17. The van der Waals surface area contributed by atoms with Crippen LogP contribution in [0.15, 0.2) is 48.5 Å². The monoisotopic (exact) mass is 664 g/mol. The molecule has 47 heavy (non-hydrogen) atoms. The summed E-state index contributed by atoms with van der Waals surface area (Å²) in [6.07, 6.45) is 7.31. The number of hydrogen-bond acceptors (Lipinski definition) is 8. The van der Waals surface area contributed by atoms with Crippen molar-refractivity contribution < 1.29 is 18.8 Å². The predicted octanol–water partition coefficient (Wildman–Crippen LogP) is 5.05. The zero-order valence-corrected chi connectivity index (χ0v) is 28.9. The van der Waals surface area contributed by atoms with Gasteiger partial charge in [-0.1, -0.05) is 35.9 Å². The summed E-state index contributed by atoms with van der Waals surface area (Å²) in [6, 6.07) is 16.3. The Kier molecular flexibility index (Phi) is 13.4. The van der Waals surface area contributed by atoms with Gasteiger partial charge in [-0.3, -0.25) is 9.59 Å². The molecule has 2 aromatic carbocycles. The number of nitrogens with zero attached hydrogens (tertiary/aromatic N) is 4.